The summed E-state index contributed by atoms with van der Waals surface area (Å²) < 4.78 is 0. The summed E-state index contributed by atoms with van der Waals surface area (Å²) in [5.74, 6) is 2.41. The van der Waals surface area contributed by atoms with Crippen molar-refractivity contribution in [2.75, 3.05) is 0 Å². The molecule has 2 fully saturated rings. The van der Waals surface area contributed by atoms with Crippen molar-refractivity contribution in [2.24, 2.45) is 17.3 Å². The topological polar surface area (TPSA) is 40.5 Å². The molecule has 2 heteroatoms. The van der Waals surface area contributed by atoms with Gasteiger partial charge in [0.15, 0.2) is 0 Å². The SMILES string of the molecule is CC(C)=Cc1cc2c(cc1O)CCC1C2CC[C@@]2(C)C1CC[C@@H]2O. The van der Waals surface area contributed by atoms with Gasteiger partial charge in [0.05, 0.1) is 6.10 Å². The van der Waals surface area contributed by atoms with Crippen molar-refractivity contribution < 1.29 is 10.2 Å². The molecule has 4 rings (SSSR count). The van der Waals surface area contributed by atoms with Crippen molar-refractivity contribution in [3.05, 3.63) is 34.4 Å². The Bertz CT molecular complexity index is 685. The molecule has 0 heterocycles. The van der Waals surface area contributed by atoms with Crippen LogP contribution in [0.4, 0.5) is 0 Å². The number of aliphatic hydroxyl groups excluding tert-OH is 1. The number of rotatable bonds is 1. The van der Waals surface area contributed by atoms with Crippen LogP contribution in [-0.2, 0) is 6.42 Å². The number of benzene rings is 1. The summed E-state index contributed by atoms with van der Waals surface area (Å²) in [4.78, 5) is 0. The van der Waals surface area contributed by atoms with E-state index in [1.165, 1.54) is 36.0 Å². The minimum Gasteiger partial charge on any atom is -0.507 e. The summed E-state index contributed by atoms with van der Waals surface area (Å²) in [5, 5.41) is 20.9. The molecule has 24 heavy (non-hydrogen) atoms. The first-order valence-electron chi connectivity index (χ1n) is 9.59. The largest absolute Gasteiger partial charge is 0.507 e. The van der Waals surface area contributed by atoms with Crippen LogP contribution in [0.1, 0.15) is 75.5 Å². The van der Waals surface area contributed by atoms with Gasteiger partial charge in [-0.25, -0.2) is 0 Å². The van der Waals surface area contributed by atoms with Gasteiger partial charge in [-0.3, -0.25) is 0 Å². The van der Waals surface area contributed by atoms with Gasteiger partial charge in [0.2, 0.25) is 0 Å². The maximum Gasteiger partial charge on any atom is 0.123 e. The summed E-state index contributed by atoms with van der Waals surface area (Å²) in [6.45, 7) is 6.48. The first-order chi connectivity index (χ1) is 11.4. The molecule has 5 atom stereocenters. The molecule has 0 spiro atoms. The van der Waals surface area contributed by atoms with Crippen LogP contribution in [0.25, 0.3) is 6.08 Å². The summed E-state index contributed by atoms with van der Waals surface area (Å²) in [7, 11) is 0. The van der Waals surface area contributed by atoms with Gasteiger partial charge in [0, 0.05) is 5.56 Å². The highest BCUT2D eigenvalue weighted by Gasteiger charge is 2.54. The fraction of sp³-hybridized carbons (Fsp3) is 0.636. The average molecular weight is 326 g/mol. The molecule has 2 N–H and O–H groups in total. The molecule has 2 nitrogen and oxygen atoms in total. The molecule has 0 bridgehead atoms. The Labute approximate surface area is 145 Å². The van der Waals surface area contributed by atoms with E-state index in [1.54, 1.807) is 0 Å². The molecule has 3 aliphatic carbocycles. The molecular formula is C22H30O2. The van der Waals surface area contributed by atoms with Crippen LogP contribution in [-0.4, -0.2) is 16.3 Å². The molecule has 1 aromatic carbocycles. The van der Waals surface area contributed by atoms with Crippen molar-refractivity contribution in [1.29, 1.82) is 0 Å². The standard InChI is InChI=1S/C22H30O2/c1-13(2)10-15-11-18-14(12-20(15)23)4-5-17-16(18)8-9-22(3)19(17)6-7-21(22)24/h10-12,16-17,19,21,23-24H,4-9H2,1-3H3/t16?,17?,19?,21-,22-/m0/s1. The number of hydrogen-bond acceptors (Lipinski definition) is 2. The number of phenols is 1. The normalized spacial score (nSPS) is 37.3. The fourth-order valence-electron chi connectivity index (χ4n) is 6.02. The molecule has 2 saturated carbocycles. The van der Waals surface area contributed by atoms with Crippen LogP contribution in [0.3, 0.4) is 0 Å². The zero-order chi connectivity index (χ0) is 17.1. The van der Waals surface area contributed by atoms with Crippen molar-refractivity contribution in [3.63, 3.8) is 0 Å². The Balaban J connectivity index is 1.73. The lowest BCUT2D eigenvalue weighted by Crippen LogP contribution is -2.43. The molecule has 3 unspecified atom stereocenters. The Morgan fingerprint density at radius 3 is 2.71 bits per heavy atom. The number of aliphatic hydroxyl groups is 1. The van der Waals surface area contributed by atoms with E-state index in [0.29, 0.717) is 23.5 Å². The summed E-state index contributed by atoms with van der Waals surface area (Å²) in [5.41, 5.74) is 5.14. The lowest BCUT2D eigenvalue weighted by Gasteiger charge is -2.50. The van der Waals surface area contributed by atoms with E-state index in [1.807, 2.05) is 6.07 Å². The third-order valence-electron chi connectivity index (χ3n) is 7.27. The van der Waals surface area contributed by atoms with Gasteiger partial charge in [0.25, 0.3) is 0 Å². The van der Waals surface area contributed by atoms with E-state index in [0.717, 1.165) is 24.8 Å². The lowest BCUT2D eigenvalue weighted by atomic mass is 9.55. The molecule has 0 amide bonds. The summed E-state index contributed by atoms with van der Waals surface area (Å²) in [6, 6.07) is 4.26. The third kappa shape index (κ3) is 2.34. The second-order valence-corrected chi connectivity index (χ2v) is 8.88. The van der Waals surface area contributed by atoms with Gasteiger partial charge in [-0.15, -0.1) is 0 Å². The molecule has 0 radical (unpaired) electrons. The second-order valence-electron chi connectivity index (χ2n) is 8.88. The minimum atomic E-state index is -0.106. The number of aryl methyl sites for hydroxylation is 1. The maximum absolute atomic E-state index is 10.5. The van der Waals surface area contributed by atoms with Crippen molar-refractivity contribution in [2.45, 2.75) is 71.3 Å². The van der Waals surface area contributed by atoms with Gasteiger partial charge in [-0.2, -0.15) is 0 Å². The second kappa shape index (κ2) is 5.62. The quantitative estimate of drug-likeness (QED) is 0.759. The third-order valence-corrected chi connectivity index (χ3v) is 7.27. The highest BCUT2D eigenvalue weighted by Crippen LogP contribution is 2.61. The van der Waals surface area contributed by atoms with Gasteiger partial charge >= 0.3 is 0 Å². The fourth-order valence-corrected chi connectivity index (χ4v) is 6.02. The molecule has 130 valence electrons. The van der Waals surface area contributed by atoms with E-state index in [-0.39, 0.29) is 11.5 Å². The predicted molar refractivity (Wildman–Crippen MR) is 98.1 cm³/mol. The number of fused-ring (bicyclic) bond motifs is 5. The molecule has 1 aromatic rings. The smallest absolute Gasteiger partial charge is 0.123 e. The van der Waals surface area contributed by atoms with Crippen LogP contribution in [0.15, 0.2) is 17.7 Å². The highest BCUT2D eigenvalue weighted by atomic mass is 16.3. The zero-order valence-corrected chi connectivity index (χ0v) is 15.2. The Hall–Kier alpha value is -1.28. The Morgan fingerprint density at radius 2 is 1.96 bits per heavy atom. The van der Waals surface area contributed by atoms with Crippen LogP contribution < -0.4 is 0 Å². The van der Waals surface area contributed by atoms with Crippen molar-refractivity contribution >= 4 is 6.08 Å². The minimum absolute atomic E-state index is 0.106. The number of aromatic hydroxyl groups is 1. The number of hydrogen-bond donors (Lipinski definition) is 2. The molecule has 0 saturated heterocycles. The van der Waals surface area contributed by atoms with E-state index in [9.17, 15) is 10.2 Å². The van der Waals surface area contributed by atoms with Crippen LogP contribution >= 0.6 is 0 Å². The van der Waals surface area contributed by atoms with E-state index in [4.69, 9.17) is 0 Å². The molecule has 0 aromatic heterocycles. The summed E-state index contributed by atoms with van der Waals surface area (Å²) >= 11 is 0. The van der Waals surface area contributed by atoms with Crippen LogP contribution in [0.5, 0.6) is 5.75 Å². The van der Waals surface area contributed by atoms with Crippen molar-refractivity contribution in [1.82, 2.24) is 0 Å². The van der Waals surface area contributed by atoms with Crippen LogP contribution in [0, 0.1) is 17.3 Å². The molecule has 3 aliphatic rings. The lowest BCUT2D eigenvalue weighted by molar-refractivity contribution is -0.0226. The average Bonchev–Trinajstić information content (AvgIpc) is 2.83. The predicted octanol–water partition coefficient (Wildman–Crippen LogP) is 5.03. The van der Waals surface area contributed by atoms with Crippen molar-refractivity contribution in [3.8, 4) is 5.75 Å². The summed E-state index contributed by atoms with van der Waals surface area (Å²) in [6.07, 6.45) is 8.76. The van der Waals surface area contributed by atoms with E-state index >= 15 is 0 Å². The highest BCUT2D eigenvalue weighted by molar-refractivity contribution is 5.62. The number of phenolic OH excluding ortho intramolecular Hbond substituents is 1. The Morgan fingerprint density at radius 1 is 1.17 bits per heavy atom. The monoisotopic (exact) mass is 326 g/mol. The first-order valence-corrected chi connectivity index (χ1v) is 9.59. The number of allylic oxidation sites excluding steroid dienone is 1. The molecular weight excluding hydrogens is 296 g/mol. The van der Waals surface area contributed by atoms with Crippen LogP contribution in [0.2, 0.25) is 0 Å². The van der Waals surface area contributed by atoms with Gasteiger partial charge in [0.1, 0.15) is 5.75 Å². The maximum atomic E-state index is 10.5. The van der Waals surface area contributed by atoms with Gasteiger partial charge < -0.3 is 10.2 Å². The zero-order valence-electron chi connectivity index (χ0n) is 15.2. The molecule has 0 aliphatic heterocycles. The first kappa shape index (κ1) is 16.2. The van der Waals surface area contributed by atoms with Gasteiger partial charge in [-0.05, 0) is 98.8 Å². The van der Waals surface area contributed by atoms with Gasteiger partial charge in [-0.1, -0.05) is 18.6 Å². The van der Waals surface area contributed by atoms with E-state index in [2.05, 4.69) is 32.9 Å². The Kier molecular flexibility index (Phi) is 3.80. The van der Waals surface area contributed by atoms with E-state index < -0.39 is 0 Å².